The monoisotopic (exact) mass is 285 g/mol. The summed E-state index contributed by atoms with van der Waals surface area (Å²) in [6, 6.07) is 9.53. The molecule has 6 heteroatoms. The summed E-state index contributed by atoms with van der Waals surface area (Å²) in [4.78, 5) is 0. The van der Waals surface area contributed by atoms with E-state index in [0.29, 0.717) is 19.4 Å². The lowest BCUT2D eigenvalue weighted by Crippen LogP contribution is -2.32. The molecular weight excluding hydrogens is 266 g/mol. The summed E-state index contributed by atoms with van der Waals surface area (Å²) in [7, 11) is -3.47. The maximum atomic E-state index is 11.1. The Hall–Kier alpha value is -0.950. The van der Waals surface area contributed by atoms with Gasteiger partial charge in [-0.15, -0.1) is 0 Å². The Morgan fingerprint density at radius 2 is 1.95 bits per heavy atom. The number of rotatable bonds is 5. The van der Waals surface area contributed by atoms with E-state index in [0.717, 1.165) is 11.8 Å². The molecule has 0 radical (unpaired) electrons. The van der Waals surface area contributed by atoms with Gasteiger partial charge in [0.2, 0.25) is 0 Å². The van der Waals surface area contributed by atoms with Crippen molar-refractivity contribution in [2.45, 2.75) is 37.7 Å². The van der Waals surface area contributed by atoms with Crippen molar-refractivity contribution in [3.63, 3.8) is 0 Å². The highest BCUT2D eigenvalue weighted by atomic mass is 32.2. The predicted octanol–water partition coefficient (Wildman–Crippen LogP) is 1.04. The van der Waals surface area contributed by atoms with Crippen LogP contribution in [0.15, 0.2) is 30.3 Å². The van der Waals surface area contributed by atoms with Crippen molar-refractivity contribution in [3.8, 4) is 0 Å². The van der Waals surface area contributed by atoms with E-state index in [9.17, 15) is 8.42 Å². The molecule has 1 aromatic rings. The molecule has 5 nitrogen and oxygen atoms in total. The minimum Gasteiger partial charge on any atom is -0.373 e. The Kier molecular flexibility index (Phi) is 4.57. The van der Waals surface area contributed by atoms with Gasteiger partial charge in [-0.1, -0.05) is 30.3 Å². The average molecular weight is 285 g/mol. The van der Waals surface area contributed by atoms with Crippen molar-refractivity contribution >= 4 is 10.1 Å². The minimum atomic E-state index is -3.47. The molecule has 0 heterocycles. The first kappa shape index (κ1) is 14.5. The van der Waals surface area contributed by atoms with Gasteiger partial charge in [-0.25, -0.2) is 0 Å². The first-order valence-electron chi connectivity index (χ1n) is 6.23. The van der Waals surface area contributed by atoms with Crippen molar-refractivity contribution in [1.82, 2.24) is 0 Å². The fourth-order valence-corrected chi connectivity index (χ4v) is 2.92. The molecular formula is C13H19NO4S. The first-order valence-corrected chi connectivity index (χ1v) is 8.05. The minimum absolute atomic E-state index is 0.0537. The molecule has 0 aliphatic heterocycles. The molecule has 0 saturated heterocycles. The van der Waals surface area contributed by atoms with Crippen LogP contribution in [0.3, 0.4) is 0 Å². The topological polar surface area (TPSA) is 78.6 Å². The highest BCUT2D eigenvalue weighted by Gasteiger charge is 2.35. The molecule has 0 aromatic heterocycles. The SMILES string of the molecule is CS(=O)(=O)O[C@@H]1C[C@H](OCc2ccccc2)C[C@H]1N. The summed E-state index contributed by atoms with van der Waals surface area (Å²) in [5.41, 5.74) is 6.96. The summed E-state index contributed by atoms with van der Waals surface area (Å²) in [6.07, 6.45) is 1.64. The fraction of sp³-hybridized carbons (Fsp3) is 0.538. The van der Waals surface area contributed by atoms with Gasteiger partial charge in [-0.2, -0.15) is 8.42 Å². The van der Waals surface area contributed by atoms with Crippen molar-refractivity contribution in [2.75, 3.05) is 6.26 Å². The molecule has 1 aliphatic carbocycles. The Labute approximate surface area is 113 Å². The second-order valence-electron chi connectivity index (χ2n) is 4.89. The maximum absolute atomic E-state index is 11.1. The van der Waals surface area contributed by atoms with Crippen molar-refractivity contribution in [1.29, 1.82) is 0 Å². The Morgan fingerprint density at radius 3 is 2.58 bits per heavy atom. The average Bonchev–Trinajstić information content (AvgIpc) is 2.67. The molecule has 0 amide bonds. The molecule has 106 valence electrons. The number of benzene rings is 1. The number of hydrogen-bond donors (Lipinski definition) is 1. The van der Waals surface area contributed by atoms with Gasteiger partial charge in [0.15, 0.2) is 0 Å². The zero-order chi connectivity index (χ0) is 13.9. The molecule has 19 heavy (non-hydrogen) atoms. The van der Waals surface area contributed by atoms with Crippen LogP contribution < -0.4 is 5.73 Å². The second kappa shape index (κ2) is 6.00. The number of nitrogens with two attached hydrogens (primary N) is 1. The largest absolute Gasteiger partial charge is 0.373 e. The molecule has 1 aliphatic rings. The number of ether oxygens (including phenoxy) is 1. The highest BCUT2D eigenvalue weighted by molar-refractivity contribution is 7.86. The standard InChI is InChI=1S/C13H19NO4S/c1-19(15,16)18-13-8-11(7-12(13)14)17-9-10-5-3-2-4-6-10/h2-6,11-13H,7-9,14H2,1H3/t11-,12-,13-/m1/s1. The smallest absolute Gasteiger partial charge is 0.264 e. The molecule has 3 atom stereocenters. The molecule has 1 fully saturated rings. The molecule has 0 spiro atoms. The Morgan fingerprint density at radius 1 is 1.26 bits per heavy atom. The summed E-state index contributed by atoms with van der Waals surface area (Å²) in [6.45, 7) is 0.504. The normalized spacial score (nSPS) is 27.6. The third-order valence-corrected chi connectivity index (χ3v) is 3.73. The second-order valence-corrected chi connectivity index (χ2v) is 6.49. The lowest BCUT2D eigenvalue weighted by atomic mass is 10.2. The van der Waals surface area contributed by atoms with E-state index < -0.39 is 16.2 Å². The van der Waals surface area contributed by atoms with E-state index in [2.05, 4.69) is 0 Å². The lowest BCUT2D eigenvalue weighted by Gasteiger charge is -2.13. The van der Waals surface area contributed by atoms with E-state index >= 15 is 0 Å². The van der Waals surface area contributed by atoms with Crippen molar-refractivity contribution in [3.05, 3.63) is 35.9 Å². The van der Waals surface area contributed by atoms with Crippen LogP contribution in [-0.4, -0.2) is 32.9 Å². The van der Waals surface area contributed by atoms with Gasteiger partial charge < -0.3 is 10.5 Å². The molecule has 2 rings (SSSR count). The van der Waals surface area contributed by atoms with Gasteiger partial charge in [0.1, 0.15) is 0 Å². The molecule has 0 bridgehead atoms. The summed E-state index contributed by atoms with van der Waals surface area (Å²) in [5.74, 6) is 0. The molecule has 2 N–H and O–H groups in total. The van der Waals surface area contributed by atoms with Crippen molar-refractivity contribution in [2.24, 2.45) is 5.73 Å². The van der Waals surface area contributed by atoms with E-state index in [-0.39, 0.29) is 12.1 Å². The summed E-state index contributed by atoms with van der Waals surface area (Å²) in [5, 5.41) is 0. The van der Waals surface area contributed by atoms with E-state index in [1.54, 1.807) is 0 Å². The van der Waals surface area contributed by atoms with E-state index in [4.69, 9.17) is 14.7 Å². The van der Waals surface area contributed by atoms with Crippen LogP contribution in [0.5, 0.6) is 0 Å². The van der Waals surface area contributed by atoms with Gasteiger partial charge in [0.05, 0.1) is 25.1 Å². The predicted molar refractivity (Wildman–Crippen MR) is 71.9 cm³/mol. The fourth-order valence-electron chi connectivity index (χ4n) is 2.25. The van der Waals surface area contributed by atoms with Gasteiger partial charge in [0.25, 0.3) is 10.1 Å². The summed E-state index contributed by atoms with van der Waals surface area (Å²) >= 11 is 0. The van der Waals surface area contributed by atoms with Crippen molar-refractivity contribution < 1.29 is 17.3 Å². The third-order valence-electron chi connectivity index (χ3n) is 3.13. The van der Waals surface area contributed by atoms with E-state index in [1.165, 1.54) is 0 Å². The van der Waals surface area contributed by atoms with Crippen LogP contribution >= 0.6 is 0 Å². The summed E-state index contributed by atoms with van der Waals surface area (Å²) < 4.78 is 32.9. The number of hydrogen-bond acceptors (Lipinski definition) is 5. The van der Waals surface area contributed by atoms with Crippen LogP contribution in [-0.2, 0) is 25.6 Å². The third kappa shape index (κ3) is 4.58. The first-order chi connectivity index (χ1) is 8.94. The van der Waals surface area contributed by atoms with Crippen LogP contribution in [0, 0.1) is 0 Å². The van der Waals surface area contributed by atoms with E-state index in [1.807, 2.05) is 30.3 Å². The maximum Gasteiger partial charge on any atom is 0.264 e. The van der Waals surface area contributed by atoms with Gasteiger partial charge in [-0.05, 0) is 12.0 Å². The van der Waals surface area contributed by atoms with Crippen LogP contribution in [0.2, 0.25) is 0 Å². The van der Waals surface area contributed by atoms with Crippen LogP contribution in [0.1, 0.15) is 18.4 Å². The van der Waals surface area contributed by atoms with Gasteiger partial charge >= 0.3 is 0 Å². The molecule has 0 unspecified atom stereocenters. The highest BCUT2D eigenvalue weighted by Crippen LogP contribution is 2.25. The Bertz CT molecular complexity index is 503. The van der Waals surface area contributed by atoms with Gasteiger partial charge in [-0.3, -0.25) is 4.18 Å². The zero-order valence-electron chi connectivity index (χ0n) is 10.9. The lowest BCUT2D eigenvalue weighted by molar-refractivity contribution is 0.0383. The van der Waals surface area contributed by atoms with Crippen LogP contribution in [0.25, 0.3) is 0 Å². The van der Waals surface area contributed by atoms with Crippen LogP contribution in [0.4, 0.5) is 0 Å². The molecule has 1 aromatic carbocycles. The Balaban J connectivity index is 1.84. The van der Waals surface area contributed by atoms with Gasteiger partial charge in [0, 0.05) is 12.5 Å². The molecule has 1 saturated carbocycles. The zero-order valence-corrected chi connectivity index (χ0v) is 11.7. The quantitative estimate of drug-likeness (QED) is 0.818.